The maximum absolute atomic E-state index is 11.2. The molecule has 1 rings (SSSR count). The van der Waals surface area contributed by atoms with E-state index >= 15 is 0 Å². The van der Waals surface area contributed by atoms with Crippen LogP contribution in [0.3, 0.4) is 0 Å². The van der Waals surface area contributed by atoms with Gasteiger partial charge in [0.25, 0.3) is 0 Å². The number of aromatic nitrogens is 2. The van der Waals surface area contributed by atoms with Crippen molar-refractivity contribution >= 4 is 5.91 Å². The average Bonchev–Trinajstić information content (AvgIpc) is 2.63. The van der Waals surface area contributed by atoms with Crippen LogP contribution >= 0.6 is 0 Å². The topological polar surface area (TPSA) is 67.2 Å². The molecule has 0 aliphatic heterocycles. The monoisotopic (exact) mass is 197 g/mol. The Morgan fingerprint density at radius 1 is 1.71 bits per heavy atom. The largest absolute Gasteiger partial charge is 0.392 e. The zero-order valence-corrected chi connectivity index (χ0v) is 8.18. The van der Waals surface area contributed by atoms with E-state index in [1.165, 1.54) is 0 Å². The molecule has 1 aromatic heterocycles. The van der Waals surface area contributed by atoms with Crippen LogP contribution in [0.25, 0.3) is 0 Å². The molecule has 1 aromatic rings. The van der Waals surface area contributed by atoms with Gasteiger partial charge in [-0.1, -0.05) is 0 Å². The van der Waals surface area contributed by atoms with E-state index in [-0.39, 0.29) is 5.91 Å². The fraction of sp³-hybridized carbons (Fsp3) is 0.556. The van der Waals surface area contributed by atoms with E-state index < -0.39 is 6.10 Å². The summed E-state index contributed by atoms with van der Waals surface area (Å²) in [5.41, 5.74) is 0. The van der Waals surface area contributed by atoms with Crippen molar-refractivity contribution in [2.45, 2.75) is 26.0 Å². The molecule has 0 saturated carbocycles. The van der Waals surface area contributed by atoms with Crippen LogP contribution in [0.5, 0.6) is 0 Å². The average molecular weight is 197 g/mol. The zero-order valence-electron chi connectivity index (χ0n) is 8.18. The predicted molar refractivity (Wildman–Crippen MR) is 51.5 cm³/mol. The number of nitrogens with one attached hydrogen (secondary N) is 1. The summed E-state index contributed by atoms with van der Waals surface area (Å²) >= 11 is 0. The van der Waals surface area contributed by atoms with Gasteiger partial charge in [-0.15, -0.1) is 0 Å². The maximum atomic E-state index is 11.2. The highest BCUT2D eigenvalue weighted by Gasteiger charge is 2.02. The molecule has 2 N–H and O–H groups in total. The number of nitrogens with zero attached hydrogens (tertiary/aromatic N) is 2. The van der Waals surface area contributed by atoms with Gasteiger partial charge in [0.15, 0.2) is 0 Å². The van der Waals surface area contributed by atoms with E-state index in [2.05, 4.69) is 10.3 Å². The number of hydrogen-bond acceptors (Lipinski definition) is 3. The third-order valence-electron chi connectivity index (χ3n) is 1.75. The van der Waals surface area contributed by atoms with E-state index in [1.807, 2.05) is 10.8 Å². The molecule has 5 heteroatoms. The molecule has 0 unspecified atom stereocenters. The van der Waals surface area contributed by atoms with Gasteiger partial charge in [-0.3, -0.25) is 4.79 Å². The maximum Gasteiger partial charge on any atom is 0.221 e. The van der Waals surface area contributed by atoms with E-state index in [0.29, 0.717) is 19.5 Å². The molecule has 0 aromatic carbocycles. The molecule has 0 aliphatic rings. The second-order valence-electron chi connectivity index (χ2n) is 3.20. The lowest BCUT2D eigenvalue weighted by Crippen LogP contribution is -2.30. The summed E-state index contributed by atoms with van der Waals surface area (Å²) in [7, 11) is 0. The van der Waals surface area contributed by atoms with Gasteiger partial charge in [-0.25, -0.2) is 4.98 Å². The van der Waals surface area contributed by atoms with E-state index in [1.54, 1.807) is 19.4 Å². The van der Waals surface area contributed by atoms with Crippen LogP contribution in [0, 0.1) is 0 Å². The number of aliphatic hydroxyl groups excluding tert-OH is 1. The molecule has 0 fully saturated rings. The standard InChI is InChI=1S/C9H15N3O2/c1-8(13)6-11-9(14)2-4-12-5-3-10-7-12/h3,5,7-8,13H,2,4,6H2,1H3,(H,11,14)/t8-/m0/s1. The lowest BCUT2D eigenvalue weighted by Gasteiger charge is -2.06. The molecule has 0 saturated heterocycles. The third-order valence-corrected chi connectivity index (χ3v) is 1.75. The Morgan fingerprint density at radius 2 is 2.50 bits per heavy atom. The number of amides is 1. The van der Waals surface area contributed by atoms with Gasteiger partial charge in [0.2, 0.25) is 5.91 Å². The molecule has 1 heterocycles. The molecule has 0 spiro atoms. The minimum Gasteiger partial charge on any atom is -0.392 e. The second-order valence-corrected chi connectivity index (χ2v) is 3.20. The Hall–Kier alpha value is -1.36. The number of carbonyl (C=O) groups is 1. The fourth-order valence-electron chi connectivity index (χ4n) is 1.000. The summed E-state index contributed by atoms with van der Waals surface area (Å²) in [5, 5.41) is 11.5. The van der Waals surface area contributed by atoms with Crippen molar-refractivity contribution in [2.24, 2.45) is 0 Å². The first-order valence-electron chi connectivity index (χ1n) is 4.59. The quantitative estimate of drug-likeness (QED) is 0.685. The van der Waals surface area contributed by atoms with E-state index in [4.69, 9.17) is 5.11 Å². The summed E-state index contributed by atoms with van der Waals surface area (Å²) in [6.07, 6.45) is 5.06. The number of rotatable bonds is 5. The second kappa shape index (κ2) is 5.39. The van der Waals surface area contributed by atoms with Crippen LogP contribution in [-0.4, -0.2) is 33.2 Å². The first-order chi connectivity index (χ1) is 6.68. The number of hydrogen-bond donors (Lipinski definition) is 2. The lowest BCUT2D eigenvalue weighted by atomic mass is 10.3. The Kier molecular flexibility index (Phi) is 4.12. The Bertz CT molecular complexity index is 270. The highest BCUT2D eigenvalue weighted by atomic mass is 16.3. The fourth-order valence-corrected chi connectivity index (χ4v) is 1.000. The van der Waals surface area contributed by atoms with Crippen molar-refractivity contribution in [2.75, 3.05) is 6.54 Å². The van der Waals surface area contributed by atoms with Gasteiger partial charge in [-0.05, 0) is 6.92 Å². The first-order valence-corrected chi connectivity index (χ1v) is 4.59. The van der Waals surface area contributed by atoms with Crippen molar-refractivity contribution in [3.63, 3.8) is 0 Å². The van der Waals surface area contributed by atoms with Crippen LogP contribution in [0.1, 0.15) is 13.3 Å². The number of aryl methyl sites for hydroxylation is 1. The van der Waals surface area contributed by atoms with Gasteiger partial charge in [-0.2, -0.15) is 0 Å². The number of imidazole rings is 1. The number of aliphatic hydroxyl groups is 1. The SMILES string of the molecule is C[C@H](O)CNC(=O)CCn1ccnc1. The van der Waals surface area contributed by atoms with Crippen LogP contribution in [0.2, 0.25) is 0 Å². The Balaban J connectivity index is 2.15. The minimum absolute atomic E-state index is 0.0559. The Morgan fingerprint density at radius 3 is 3.07 bits per heavy atom. The molecule has 14 heavy (non-hydrogen) atoms. The molecule has 0 radical (unpaired) electrons. The van der Waals surface area contributed by atoms with Crippen molar-refractivity contribution in [3.05, 3.63) is 18.7 Å². The third kappa shape index (κ3) is 4.04. The highest BCUT2D eigenvalue weighted by Crippen LogP contribution is 1.90. The number of carbonyl (C=O) groups excluding carboxylic acids is 1. The lowest BCUT2D eigenvalue weighted by molar-refractivity contribution is -0.121. The van der Waals surface area contributed by atoms with Gasteiger partial charge in [0.05, 0.1) is 12.4 Å². The molecule has 5 nitrogen and oxygen atoms in total. The normalized spacial score (nSPS) is 12.4. The molecule has 78 valence electrons. The van der Waals surface area contributed by atoms with E-state index in [0.717, 1.165) is 0 Å². The van der Waals surface area contributed by atoms with Crippen molar-refractivity contribution in [1.82, 2.24) is 14.9 Å². The summed E-state index contributed by atoms with van der Waals surface area (Å²) in [6, 6.07) is 0. The summed E-state index contributed by atoms with van der Waals surface area (Å²) in [6.45, 7) is 2.56. The smallest absolute Gasteiger partial charge is 0.221 e. The minimum atomic E-state index is -0.493. The summed E-state index contributed by atoms with van der Waals surface area (Å²) < 4.78 is 1.84. The van der Waals surface area contributed by atoms with Gasteiger partial charge < -0.3 is 15.0 Å². The van der Waals surface area contributed by atoms with E-state index in [9.17, 15) is 4.79 Å². The van der Waals surface area contributed by atoms with Crippen molar-refractivity contribution in [1.29, 1.82) is 0 Å². The molecular weight excluding hydrogens is 182 g/mol. The van der Waals surface area contributed by atoms with Crippen LogP contribution in [0.4, 0.5) is 0 Å². The van der Waals surface area contributed by atoms with Gasteiger partial charge >= 0.3 is 0 Å². The zero-order chi connectivity index (χ0) is 10.4. The molecule has 0 aliphatic carbocycles. The molecule has 1 atom stereocenters. The van der Waals surface area contributed by atoms with Crippen molar-refractivity contribution in [3.8, 4) is 0 Å². The first kappa shape index (κ1) is 10.7. The van der Waals surface area contributed by atoms with Gasteiger partial charge in [0.1, 0.15) is 0 Å². The Labute approximate surface area is 82.8 Å². The van der Waals surface area contributed by atoms with Crippen molar-refractivity contribution < 1.29 is 9.90 Å². The summed E-state index contributed by atoms with van der Waals surface area (Å²) in [4.78, 5) is 15.1. The van der Waals surface area contributed by atoms with Crippen LogP contribution in [-0.2, 0) is 11.3 Å². The van der Waals surface area contributed by atoms with Crippen LogP contribution in [0.15, 0.2) is 18.7 Å². The van der Waals surface area contributed by atoms with Crippen LogP contribution < -0.4 is 5.32 Å². The molecular formula is C9H15N3O2. The summed E-state index contributed by atoms with van der Waals surface area (Å²) in [5.74, 6) is -0.0559. The molecule has 0 bridgehead atoms. The predicted octanol–water partition coefficient (Wildman–Crippen LogP) is -0.230. The molecule has 1 amide bonds. The highest BCUT2D eigenvalue weighted by molar-refractivity contribution is 5.75. The van der Waals surface area contributed by atoms with Gasteiger partial charge in [0, 0.05) is 31.9 Å².